The lowest BCUT2D eigenvalue weighted by Gasteiger charge is -2.35. The average molecular weight is 422 g/mol. The number of hydrogen-bond donors (Lipinski definition) is 1. The van der Waals surface area contributed by atoms with Crippen LogP contribution in [0.4, 0.5) is 5.69 Å². The first-order chi connectivity index (χ1) is 14.4. The Labute approximate surface area is 178 Å². The zero-order valence-corrected chi connectivity index (χ0v) is 18.1. The monoisotopic (exact) mass is 421 g/mol. The van der Waals surface area contributed by atoms with Crippen molar-refractivity contribution in [3.05, 3.63) is 65.3 Å². The van der Waals surface area contributed by atoms with Gasteiger partial charge in [-0.05, 0) is 59.9 Å². The van der Waals surface area contributed by atoms with E-state index in [0.717, 1.165) is 73.0 Å². The van der Waals surface area contributed by atoms with Gasteiger partial charge < -0.3 is 9.80 Å². The largest absolute Gasteiger partial charge is 0.368 e. The molecule has 0 radical (unpaired) electrons. The molecule has 0 bridgehead atoms. The van der Waals surface area contributed by atoms with Crippen molar-refractivity contribution < 1.29 is 8.42 Å². The summed E-state index contributed by atoms with van der Waals surface area (Å²) in [4.78, 5) is 4.70. The van der Waals surface area contributed by atoms with Gasteiger partial charge in [-0.1, -0.05) is 42.5 Å². The van der Waals surface area contributed by atoms with Crippen LogP contribution >= 0.6 is 0 Å². The van der Waals surface area contributed by atoms with Crippen LogP contribution in [0, 0.1) is 0 Å². The van der Waals surface area contributed by atoms with E-state index in [1.54, 1.807) is 0 Å². The van der Waals surface area contributed by atoms with Crippen molar-refractivity contribution in [2.45, 2.75) is 24.2 Å². The fourth-order valence-electron chi connectivity index (χ4n) is 4.88. The van der Waals surface area contributed by atoms with E-state index in [2.05, 4.69) is 41.1 Å². The average Bonchev–Trinajstić information content (AvgIpc) is 3.20. The smallest absolute Gasteiger partial charge is 0.240 e. The van der Waals surface area contributed by atoms with Crippen molar-refractivity contribution in [3.63, 3.8) is 0 Å². The zero-order valence-electron chi connectivity index (χ0n) is 17.3. The number of rotatable bonds is 3. The molecular weight excluding hydrogens is 394 g/mol. The van der Waals surface area contributed by atoms with Gasteiger partial charge in [-0.2, -0.15) is 0 Å². The third-order valence-electron chi connectivity index (χ3n) is 6.49. The first-order valence-electron chi connectivity index (χ1n) is 10.5. The Bertz CT molecular complexity index is 1220. The highest BCUT2D eigenvalue weighted by Gasteiger charge is 2.29. The number of sulfonamides is 1. The molecule has 0 saturated carbocycles. The summed E-state index contributed by atoms with van der Waals surface area (Å²) < 4.78 is 26.0. The van der Waals surface area contributed by atoms with Crippen LogP contribution in [0.15, 0.2) is 64.6 Å². The van der Waals surface area contributed by atoms with E-state index in [1.165, 1.54) is 11.1 Å². The topological polar surface area (TPSA) is 66.6 Å². The second-order valence-electron chi connectivity index (χ2n) is 8.46. The van der Waals surface area contributed by atoms with Gasteiger partial charge in [0.2, 0.25) is 10.0 Å². The number of piperazine rings is 1. The molecule has 0 atom stereocenters. The molecule has 0 unspecified atom stereocenters. The molecule has 1 aliphatic heterocycles. The van der Waals surface area contributed by atoms with Crippen LogP contribution < -0.4 is 10.0 Å². The van der Waals surface area contributed by atoms with E-state index in [9.17, 15) is 8.42 Å². The molecule has 0 amide bonds. The predicted molar refractivity (Wildman–Crippen MR) is 123 cm³/mol. The molecule has 2 N–H and O–H groups in total. The SMILES string of the molecule is CN1CCN(c2cc3ccccc3c(C3=CCC4=CCCC4=C3)c2S(N)(=O)=O)CC1. The Kier molecular flexibility index (Phi) is 4.81. The van der Waals surface area contributed by atoms with Crippen molar-refractivity contribution in [3.8, 4) is 0 Å². The summed E-state index contributed by atoms with van der Waals surface area (Å²) >= 11 is 0. The van der Waals surface area contributed by atoms with E-state index in [-0.39, 0.29) is 4.90 Å². The van der Waals surface area contributed by atoms with Crippen LogP contribution in [0.3, 0.4) is 0 Å². The van der Waals surface area contributed by atoms with Crippen LogP contribution in [0.25, 0.3) is 16.3 Å². The Morgan fingerprint density at radius 1 is 1.00 bits per heavy atom. The number of nitrogens with two attached hydrogens (primary N) is 1. The lowest BCUT2D eigenvalue weighted by atomic mass is 9.89. The second-order valence-corrected chi connectivity index (χ2v) is 9.96. The number of primary sulfonamides is 1. The number of nitrogens with zero attached hydrogens (tertiary/aromatic N) is 2. The van der Waals surface area contributed by atoms with Gasteiger partial charge in [-0.3, -0.25) is 0 Å². The van der Waals surface area contributed by atoms with Gasteiger partial charge in [0.05, 0.1) is 5.69 Å². The minimum atomic E-state index is -3.93. The lowest BCUT2D eigenvalue weighted by Crippen LogP contribution is -2.45. The number of anilines is 1. The molecular formula is C24H27N3O2S. The summed E-state index contributed by atoms with van der Waals surface area (Å²) in [6, 6.07) is 10.0. The molecule has 3 aliphatic rings. The highest BCUT2D eigenvalue weighted by molar-refractivity contribution is 7.89. The fourth-order valence-corrected chi connectivity index (χ4v) is 5.88. The molecule has 1 heterocycles. The van der Waals surface area contributed by atoms with Gasteiger partial charge in [-0.15, -0.1) is 0 Å². The van der Waals surface area contributed by atoms with Gasteiger partial charge in [0.1, 0.15) is 4.90 Å². The molecule has 5 nitrogen and oxygen atoms in total. The molecule has 6 heteroatoms. The van der Waals surface area contributed by atoms with Crippen LogP contribution in [0.2, 0.25) is 0 Å². The van der Waals surface area contributed by atoms with Crippen molar-refractivity contribution in [2.24, 2.45) is 5.14 Å². The normalized spacial score (nSPS) is 20.1. The summed E-state index contributed by atoms with van der Waals surface area (Å²) in [7, 11) is -1.84. The Hall–Kier alpha value is -2.41. The van der Waals surface area contributed by atoms with Gasteiger partial charge in [0, 0.05) is 31.7 Å². The van der Waals surface area contributed by atoms with E-state index in [4.69, 9.17) is 5.14 Å². The summed E-state index contributed by atoms with van der Waals surface area (Å²) in [5.41, 5.74) is 5.15. The zero-order chi connectivity index (χ0) is 20.9. The highest BCUT2D eigenvalue weighted by Crippen LogP contribution is 2.43. The molecule has 2 aromatic carbocycles. The van der Waals surface area contributed by atoms with E-state index in [0.29, 0.717) is 0 Å². The number of benzene rings is 2. The van der Waals surface area contributed by atoms with Gasteiger partial charge in [0.25, 0.3) is 0 Å². The molecule has 30 heavy (non-hydrogen) atoms. The molecule has 0 spiro atoms. The minimum Gasteiger partial charge on any atom is -0.368 e. The van der Waals surface area contributed by atoms with Gasteiger partial charge in [0.15, 0.2) is 0 Å². The maximum absolute atomic E-state index is 13.0. The van der Waals surface area contributed by atoms with E-state index >= 15 is 0 Å². The third-order valence-corrected chi connectivity index (χ3v) is 7.47. The van der Waals surface area contributed by atoms with Crippen molar-refractivity contribution in [1.82, 2.24) is 4.90 Å². The summed E-state index contributed by atoms with van der Waals surface area (Å²) in [6.45, 7) is 3.36. The molecule has 0 aromatic heterocycles. The van der Waals surface area contributed by atoms with Crippen molar-refractivity contribution in [2.75, 3.05) is 38.1 Å². The molecule has 1 fully saturated rings. The van der Waals surface area contributed by atoms with Crippen LogP contribution in [0.5, 0.6) is 0 Å². The Morgan fingerprint density at radius 3 is 2.53 bits per heavy atom. The first-order valence-corrected chi connectivity index (χ1v) is 12.1. The van der Waals surface area contributed by atoms with E-state index < -0.39 is 10.0 Å². The third kappa shape index (κ3) is 3.39. The number of hydrogen-bond acceptors (Lipinski definition) is 4. The number of allylic oxidation sites excluding steroid dienone is 6. The van der Waals surface area contributed by atoms with Crippen LogP contribution in [-0.4, -0.2) is 46.5 Å². The molecule has 2 aromatic rings. The molecule has 5 rings (SSSR count). The van der Waals surface area contributed by atoms with Crippen LogP contribution in [-0.2, 0) is 10.0 Å². The van der Waals surface area contributed by atoms with Crippen LogP contribution in [0.1, 0.15) is 24.8 Å². The minimum absolute atomic E-state index is 0.263. The standard InChI is InChI=1S/C24H27N3O2S/c1-26-11-13-27(14-12-26)22-16-19-5-2-3-8-21(19)23(24(22)30(25,28)29)20-10-9-17-6-4-7-18(17)15-20/h2-3,5-6,8,10,15-16H,4,7,9,11-14H2,1H3,(H2,25,28,29). The quantitative estimate of drug-likeness (QED) is 0.821. The maximum atomic E-state index is 13.0. The van der Waals surface area contributed by atoms with Crippen molar-refractivity contribution in [1.29, 1.82) is 0 Å². The maximum Gasteiger partial charge on any atom is 0.240 e. The summed E-state index contributed by atoms with van der Waals surface area (Å²) in [6.07, 6.45) is 9.55. The molecule has 1 saturated heterocycles. The van der Waals surface area contributed by atoms with E-state index in [1.807, 2.05) is 24.3 Å². The molecule has 2 aliphatic carbocycles. The summed E-state index contributed by atoms with van der Waals surface area (Å²) in [5, 5.41) is 7.85. The summed E-state index contributed by atoms with van der Waals surface area (Å²) in [5.74, 6) is 0. The van der Waals surface area contributed by atoms with Gasteiger partial charge in [-0.25, -0.2) is 13.6 Å². The first kappa shape index (κ1) is 19.5. The fraction of sp³-hybridized carbons (Fsp3) is 0.333. The van der Waals surface area contributed by atoms with Crippen molar-refractivity contribution >= 4 is 32.1 Å². The lowest BCUT2D eigenvalue weighted by molar-refractivity contribution is 0.312. The molecule has 156 valence electrons. The predicted octanol–water partition coefficient (Wildman–Crippen LogP) is 3.67. The Morgan fingerprint density at radius 2 is 1.77 bits per heavy atom. The van der Waals surface area contributed by atoms with Gasteiger partial charge >= 0.3 is 0 Å². The Balaban J connectivity index is 1.78. The second kappa shape index (κ2) is 7.38. The number of likely N-dealkylation sites (N-methyl/N-ethyl adjacent to an activating group) is 1. The number of fused-ring (bicyclic) bond motifs is 2. The highest BCUT2D eigenvalue weighted by atomic mass is 32.2.